The highest BCUT2D eigenvalue weighted by Gasteiger charge is 2.44. The normalized spacial score (nSPS) is 39.8. The second-order valence-corrected chi connectivity index (χ2v) is 3.82. The van der Waals surface area contributed by atoms with E-state index >= 15 is 0 Å². The Morgan fingerprint density at radius 2 is 2.27 bits per heavy atom. The largest absolute Gasteiger partial charge is 0.0808 e. The van der Waals surface area contributed by atoms with E-state index in [0.29, 0.717) is 0 Å². The Hall–Kier alpha value is -0.520. The molecule has 0 spiro atoms. The van der Waals surface area contributed by atoms with Crippen molar-refractivity contribution in [3.8, 4) is 0 Å². The molecule has 0 N–H and O–H groups in total. The maximum Gasteiger partial charge on any atom is -0.00709 e. The van der Waals surface area contributed by atoms with Gasteiger partial charge in [-0.3, -0.25) is 0 Å². The Morgan fingerprint density at radius 3 is 3.00 bits per heavy atom. The van der Waals surface area contributed by atoms with Crippen molar-refractivity contribution >= 4 is 0 Å². The van der Waals surface area contributed by atoms with Crippen molar-refractivity contribution in [3.05, 3.63) is 23.8 Å². The highest BCUT2D eigenvalue weighted by atomic mass is 14.5. The molecule has 0 bridgehead atoms. The Morgan fingerprint density at radius 1 is 1.45 bits per heavy atom. The van der Waals surface area contributed by atoms with E-state index < -0.39 is 0 Å². The highest BCUT2D eigenvalue weighted by Crippen LogP contribution is 2.53. The first kappa shape index (κ1) is 7.15. The van der Waals surface area contributed by atoms with Crippen molar-refractivity contribution in [3.63, 3.8) is 0 Å². The van der Waals surface area contributed by atoms with Crippen LogP contribution in [0.2, 0.25) is 0 Å². The van der Waals surface area contributed by atoms with Crippen molar-refractivity contribution in [1.29, 1.82) is 0 Å². The van der Waals surface area contributed by atoms with E-state index in [2.05, 4.69) is 32.1 Å². The molecular formula is C11H16. The van der Waals surface area contributed by atoms with Crippen LogP contribution in [-0.2, 0) is 0 Å². The van der Waals surface area contributed by atoms with E-state index in [1.54, 1.807) is 5.57 Å². The molecule has 0 aromatic carbocycles. The molecule has 2 rings (SSSR count). The van der Waals surface area contributed by atoms with Crippen LogP contribution in [0.15, 0.2) is 23.8 Å². The number of hydrogen-bond donors (Lipinski definition) is 0. The molecule has 0 aliphatic heterocycles. The van der Waals surface area contributed by atoms with Gasteiger partial charge in [0.05, 0.1) is 0 Å². The monoisotopic (exact) mass is 148 g/mol. The Balaban J connectivity index is 2.04. The van der Waals surface area contributed by atoms with Crippen LogP contribution in [0, 0.1) is 17.8 Å². The van der Waals surface area contributed by atoms with Crippen LogP contribution >= 0.6 is 0 Å². The van der Waals surface area contributed by atoms with Gasteiger partial charge in [0.2, 0.25) is 0 Å². The van der Waals surface area contributed by atoms with Gasteiger partial charge in [0.1, 0.15) is 0 Å². The van der Waals surface area contributed by atoms with Gasteiger partial charge in [0.15, 0.2) is 0 Å². The standard InChI is InChI=1S/C11H16/c1-3-5-9-6-4-7-10-8(2)11(9)10/h4,6-9,11H,3,5H2,1-2H3. The molecule has 3 atom stereocenters. The SMILES string of the molecule is CCCC1C=CC=C2C(C)C21. The Labute approximate surface area is 69.0 Å². The van der Waals surface area contributed by atoms with Crippen LogP contribution in [0.25, 0.3) is 0 Å². The van der Waals surface area contributed by atoms with Crippen molar-refractivity contribution in [2.24, 2.45) is 17.8 Å². The van der Waals surface area contributed by atoms with Crippen LogP contribution in [0.4, 0.5) is 0 Å². The second-order valence-electron chi connectivity index (χ2n) is 3.82. The lowest BCUT2D eigenvalue weighted by Gasteiger charge is -2.11. The fourth-order valence-electron chi connectivity index (χ4n) is 2.37. The molecule has 1 fully saturated rings. The predicted octanol–water partition coefficient (Wildman–Crippen LogP) is 3.16. The summed E-state index contributed by atoms with van der Waals surface area (Å²) >= 11 is 0. The summed E-state index contributed by atoms with van der Waals surface area (Å²) < 4.78 is 0. The van der Waals surface area contributed by atoms with Crippen LogP contribution in [-0.4, -0.2) is 0 Å². The van der Waals surface area contributed by atoms with Gasteiger partial charge in [-0.05, 0) is 24.2 Å². The molecule has 1 saturated carbocycles. The first-order chi connectivity index (χ1) is 5.34. The lowest BCUT2D eigenvalue weighted by molar-refractivity contribution is 0.497. The second kappa shape index (κ2) is 2.51. The van der Waals surface area contributed by atoms with E-state index in [1.807, 2.05) is 0 Å². The fourth-order valence-corrected chi connectivity index (χ4v) is 2.37. The lowest BCUT2D eigenvalue weighted by atomic mass is 9.94. The molecule has 0 aromatic heterocycles. The van der Waals surface area contributed by atoms with E-state index in [1.165, 1.54) is 12.8 Å². The van der Waals surface area contributed by atoms with Crippen LogP contribution in [0.5, 0.6) is 0 Å². The summed E-state index contributed by atoms with van der Waals surface area (Å²) in [6.45, 7) is 4.63. The van der Waals surface area contributed by atoms with Crippen molar-refractivity contribution in [1.82, 2.24) is 0 Å². The topological polar surface area (TPSA) is 0 Å². The Bertz CT molecular complexity index is 210. The average Bonchev–Trinajstić information content (AvgIpc) is 2.65. The summed E-state index contributed by atoms with van der Waals surface area (Å²) in [6.07, 6.45) is 9.65. The number of rotatable bonds is 2. The van der Waals surface area contributed by atoms with Crippen molar-refractivity contribution in [2.45, 2.75) is 26.7 Å². The highest BCUT2D eigenvalue weighted by molar-refractivity contribution is 5.38. The van der Waals surface area contributed by atoms with Gasteiger partial charge in [-0.1, -0.05) is 44.1 Å². The minimum absolute atomic E-state index is 0.870. The molecule has 0 aromatic rings. The van der Waals surface area contributed by atoms with E-state index in [9.17, 15) is 0 Å². The average molecular weight is 148 g/mol. The van der Waals surface area contributed by atoms with Gasteiger partial charge >= 0.3 is 0 Å². The first-order valence-electron chi connectivity index (χ1n) is 4.73. The van der Waals surface area contributed by atoms with Crippen molar-refractivity contribution < 1.29 is 0 Å². The summed E-state index contributed by atoms with van der Waals surface area (Å²) in [6, 6.07) is 0. The minimum Gasteiger partial charge on any atom is -0.0808 e. The molecule has 11 heavy (non-hydrogen) atoms. The van der Waals surface area contributed by atoms with E-state index in [4.69, 9.17) is 0 Å². The molecule has 0 saturated heterocycles. The molecule has 60 valence electrons. The molecule has 0 nitrogen and oxygen atoms in total. The van der Waals surface area contributed by atoms with Gasteiger partial charge in [-0.25, -0.2) is 0 Å². The Kier molecular flexibility index (Phi) is 1.63. The van der Waals surface area contributed by atoms with Gasteiger partial charge in [-0.2, -0.15) is 0 Å². The molecule has 0 heterocycles. The molecule has 3 unspecified atom stereocenters. The quantitative estimate of drug-likeness (QED) is 0.564. The lowest BCUT2D eigenvalue weighted by Crippen LogP contribution is -2.01. The molecule has 0 amide bonds. The zero-order chi connectivity index (χ0) is 7.84. The third kappa shape index (κ3) is 1.05. The van der Waals surface area contributed by atoms with Gasteiger partial charge in [0, 0.05) is 0 Å². The summed E-state index contributed by atoms with van der Waals surface area (Å²) in [4.78, 5) is 0. The molecule has 2 aliphatic carbocycles. The van der Waals surface area contributed by atoms with Crippen molar-refractivity contribution in [2.75, 3.05) is 0 Å². The maximum atomic E-state index is 2.39. The summed E-state index contributed by atoms with van der Waals surface area (Å²) in [5, 5.41) is 0. The summed E-state index contributed by atoms with van der Waals surface area (Å²) in [5.74, 6) is 2.69. The predicted molar refractivity (Wildman–Crippen MR) is 48.3 cm³/mol. The number of hydrogen-bond acceptors (Lipinski definition) is 0. The fraction of sp³-hybridized carbons (Fsp3) is 0.636. The molecule has 0 radical (unpaired) electrons. The van der Waals surface area contributed by atoms with E-state index in [0.717, 1.165) is 17.8 Å². The number of fused-ring (bicyclic) bond motifs is 1. The van der Waals surface area contributed by atoms with Crippen LogP contribution in [0.1, 0.15) is 26.7 Å². The smallest absolute Gasteiger partial charge is 0.00709 e. The first-order valence-corrected chi connectivity index (χ1v) is 4.73. The van der Waals surface area contributed by atoms with Gasteiger partial charge in [0.25, 0.3) is 0 Å². The zero-order valence-electron chi connectivity index (χ0n) is 7.38. The number of allylic oxidation sites excluding steroid dienone is 4. The van der Waals surface area contributed by atoms with Gasteiger partial charge in [-0.15, -0.1) is 0 Å². The molecular weight excluding hydrogens is 132 g/mol. The van der Waals surface area contributed by atoms with Gasteiger partial charge < -0.3 is 0 Å². The van der Waals surface area contributed by atoms with Crippen LogP contribution < -0.4 is 0 Å². The maximum absolute atomic E-state index is 2.39. The molecule has 2 aliphatic rings. The third-order valence-corrected chi connectivity index (χ3v) is 3.07. The third-order valence-electron chi connectivity index (χ3n) is 3.07. The summed E-state index contributed by atoms with van der Waals surface area (Å²) in [7, 11) is 0. The minimum atomic E-state index is 0.870. The zero-order valence-corrected chi connectivity index (χ0v) is 7.38. The summed E-state index contributed by atoms with van der Waals surface area (Å²) in [5.41, 5.74) is 1.70. The van der Waals surface area contributed by atoms with Crippen LogP contribution in [0.3, 0.4) is 0 Å². The molecule has 0 heteroatoms. The van der Waals surface area contributed by atoms with E-state index in [-0.39, 0.29) is 0 Å².